The summed E-state index contributed by atoms with van der Waals surface area (Å²) < 4.78 is 12.1. The van der Waals surface area contributed by atoms with E-state index in [1.54, 1.807) is 6.92 Å². The van der Waals surface area contributed by atoms with Gasteiger partial charge in [0.2, 0.25) is 0 Å². The highest BCUT2D eigenvalue weighted by Gasteiger charge is 2.35. The molecule has 4 nitrogen and oxygen atoms in total. The van der Waals surface area contributed by atoms with Gasteiger partial charge in [-0.3, -0.25) is 4.79 Å². The summed E-state index contributed by atoms with van der Waals surface area (Å²) in [6, 6.07) is 13.9. The van der Waals surface area contributed by atoms with Gasteiger partial charge in [0.05, 0.1) is 6.04 Å². The molecule has 3 rings (SSSR count). The second-order valence-corrected chi connectivity index (χ2v) is 7.89. The number of hydrogen-bond acceptors (Lipinski definition) is 3. The molecule has 1 aliphatic heterocycles. The number of carbonyl (C=O) groups is 1. The average Bonchev–Trinajstić information content (AvgIpc) is 2.60. The molecular formula is C23H29NO3. The maximum Gasteiger partial charge on any atom is 0.261 e. The van der Waals surface area contributed by atoms with Gasteiger partial charge in [-0.05, 0) is 57.4 Å². The van der Waals surface area contributed by atoms with Crippen LogP contribution in [-0.4, -0.2) is 17.6 Å². The molecule has 1 amide bonds. The van der Waals surface area contributed by atoms with Crippen LogP contribution >= 0.6 is 0 Å². The van der Waals surface area contributed by atoms with E-state index in [0.717, 1.165) is 34.6 Å². The first-order chi connectivity index (χ1) is 12.8. The van der Waals surface area contributed by atoms with E-state index in [1.165, 1.54) is 0 Å². The molecule has 2 aromatic rings. The Bertz CT molecular complexity index is 828. The molecule has 2 atom stereocenters. The van der Waals surface area contributed by atoms with Gasteiger partial charge < -0.3 is 14.8 Å². The maximum absolute atomic E-state index is 12.8. The normalized spacial score (nSPS) is 18.8. The molecule has 0 spiro atoms. The molecule has 1 heterocycles. The Morgan fingerprint density at radius 3 is 2.78 bits per heavy atom. The predicted molar refractivity (Wildman–Crippen MR) is 107 cm³/mol. The monoisotopic (exact) mass is 367 g/mol. The summed E-state index contributed by atoms with van der Waals surface area (Å²) >= 11 is 0. The Balaban J connectivity index is 1.75. The number of amides is 1. The fourth-order valence-corrected chi connectivity index (χ4v) is 3.53. The van der Waals surface area contributed by atoms with E-state index in [2.05, 4.69) is 32.2 Å². The first-order valence-electron chi connectivity index (χ1n) is 9.63. The zero-order valence-electron chi connectivity index (χ0n) is 16.8. The molecule has 1 aliphatic rings. The molecule has 27 heavy (non-hydrogen) atoms. The fourth-order valence-electron chi connectivity index (χ4n) is 3.53. The van der Waals surface area contributed by atoms with Gasteiger partial charge in [-0.2, -0.15) is 0 Å². The first kappa shape index (κ1) is 19.3. The lowest BCUT2D eigenvalue weighted by molar-refractivity contribution is -0.128. The van der Waals surface area contributed by atoms with Crippen LogP contribution in [0.25, 0.3) is 0 Å². The van der Waals surface area contributed by atoms with E-state index in [1.807, 2.05) is 43.3 Å². The summed E-state index contributed by atoms with van der Waals surface area (Å²) in [7, 11) is 0. The van der Waals surface area contributed by atoms with Crippen molar-refractivity contribution in [3.8, 4) is 11.5 Å². The van der Waals surface area contributed by atoms with Crippen molar-refractivity contribution in [3.63, 3.8) is 0 Å². The maximum atomic E-state index is 12.8. The van der Waals surface area contributed by atoms with Crippen LogP contribution in [-0.2, 0) is 11.2 Å². The summed E-state index contributed by atoms with van der Waals surface area (Å²) in [4.78, 5) is 12.8. The highest BCUT2D eigenvalue weighted by atomic mass is 16.5. The summed E-state index contributed by atoms with van der Waals surface area (Å²) in [5, 5.41) is 3.16. The minimum atomic E-state index is -0.572. The molecule has 0 fully saturated rings. The van der Waals surface area contributed by atoms with Crippen molar-refractivity contribution in [1.82, 2.24) is 5.32 Å². The summed E-state index contributed by atoms with van der Waals surface area (Å²) in [5.41, 5.74) is 2.93. The molecule has 0 aliphatic carbocycles. The van der Waals surface area contributed by atoms with E-state index in [-0.39, 0.29) is 17.6 Å². The van der Waals surface area contributed by atoms with Gasteiger partial charge in [0.25, 0.3) is 5.91 Å². The summed E-state index contributed by atoms with van der Waals surface area (Å²) in [5.74, 6) is 1.50. The van der Waals surface area contributed by atoms with Crippen molar-refractivity contribution >= 4 is 5.91 Å². The van der Waals surface area contributed by atoms with E-state index in [9.17, 15) is 4.79 Å². The standard InChI is InChI=1S/C23H29NO3/c1-6-17-9-7-8-10-20(17)26-16(3)22(25)24-19-14-23(4,5)27-21-13-15(2)11-12-18(19)21/h7-13,16,19H,6,14H2,1-5H3,(H,24,25)/t16-,19-/m0/s1. The minimum absolute atomic E-state index is 0.0932. The Labute approximate surface area is 161 Å². The van der Waals surface area contributed by atoms with Crippen LogP contribution in [0.2, 0.25) is 0 Å². The van der Waals surface area contributed by atoms with Crippen LogP contribution in [0.4, 0.5) is 0 Å². The Morgan fingerprint density at radius 1 is 1.30 bits per heavy atom. The lowest BCUT2D eigenvalue weighted by atomic mass is 9.89. The third-order valence-electron chi connectivity index (χ3n) is 4.97. The van der Waals surface area contributed by atoms with Gasteiger partial charge in [-0.25, -0.2) is 0 Å². The van der Waals surface area contributed by atoms with Crippen LogP contribution in [0.5, 0.6) is 11.5 Å². The van der Waals surface area contributed by atoms with Crippen molar-refractivity contribution in [2.45, 2.75) is 65.2 Å². The second kappa shape index (κ2) is 7.63. The Morgan fingerprint density at radius 2 is 2.04 bits per heavy atom. The molecule has 4 heteroatoms. The molecule has 0 unspecified atom stereocenters. The van der Waals surface area contributed by atoms with Crippen molar-refractivity contribution < 1.29 is 14.3 Å². The highest BCUT2D eigenvalue weighted by molar-refractivity contribution is 5.81. The van der Waals surface area contributed by atoms with Crippen molar-refractivity contribution in [2.75, 3.05) is 0 Å². The second-order valence-electron chi connectivity index (χ2n) is 7.89. The van der Waals surface area contributed by atoms with Crippen LogP contribution in [0, 0.1) is 6.92 Å². The number of carbonyl (C=O) groups excluding carboxylic acids is 1. The topological polar surface area (TPSA) is 47.6 Å². The lowest BCUT2D eigenvalue weighted by Crippen LogP contribution is -2.44. The molecule has 2 aromatic carbocycles. The first-order valence-corrected chi connectivity index (χ1v) is 9.63. The molecule has 144 valence electrons. The van der Waals surface area contributed by atoms with Gasteiger partial charge in [0.1, 0.15) is 17.1 Å². The zero-order chi connectivity index (χ0) is 19.6. The largest absolute Gasteiger partial charge is 0.487 e. The molecule has 0 saturated heterocycles. The van der Waals surface area contributed by atoms with E-state index < -0.39 is 6.10 Å². The van der Waals surface area contributed by atoms with Crippen molar-refractivity contribution in [2.24, 2.45) is 0 Å². The number of aryl methyl sites for hydroxylation is 2. The molecule has 0 saturated carbocycles. The fraction of sp³-hybridized carbons (Fsp3) is 0.435. The summed E-state index contributed by atoms with van der Waals surface area (Å²) in [6.07, 6.45) is 1.01. The van der Waals surface area contributed by atoms with Gasteiger partial charge >= 0.3 is 0 Å². The van der Waals surface area contributed by atoms with Crippen molar-refractivity contribution in [3.05, 3.63) is 59.2 Å². The van der Waals surface area contributed by atoms with Gasteiger partial charge in [-0.1, -0.05) is 37.3 Å². The molecule has 0 radical (unpaired) electrons. The van der Waals surface area contributed by atoms with Crippen LogP contribution in [0.15, 0.2) is 42.5 Å². The van der Waals surface area contributed by atoms with E-state index >= 15 is 0 Å². The number of ether oxygens (including phenoxy) is 2. The van der Waals surface area contributed by atoms with Gasteiger partial charge in [-0.15, -0.1) is 0 Å². The minimum Gasteiger partial charge on any atom is -0.487 e. The Hall–Kier alpha value is -2.49. The average molecular weight is 367 g/mol. The molecule has 0 bridgehead atoms. The molecular weight excluding hydrogens is 338 g/mol. The van der Waals surface area contributed by atoms with Crippen LogP contribution in [0.1, 0.15) is 56.8 Å². The van der Waals surface area contributed by atoms with E-state index in [4.69, 9.17) is 9.47 Å². The lowest BCUT2D eigenvalue weighted by Gasteiger charge is -2.38. The number of para-hydroxylation sites is 1. The number of nitrogens with one attached hydrogen (secondary N) is 1. The van der Waals surface area contributed by atoms with Gasteiger partial charge in [0, 0.05) is 12.0 Å². The predicted octanol–water partition coefficient (Wildman–Crippen LogP) is 4.74. The molecule has 1 N–H and O–H groups in total. The van der Waals surface area contributed by atoms with Crippen molar-refractivity contribution in [1.29, 1.82) is 0 Å². The zero-order valence-corrected chi connectivity index (χ0v) is 16.8. The quantitative estimate of drug-likeness (QED) is 0.830. The van der Waals surface area contributed by atoms with Crippen LogP contribution < -0.4 is 14.8 Å². The van der Waals surface area contributed by atoms with Gasteiger partial charge in [0.15, 0.2) is 6.10 Å². The smallest absolute Gasteiger partial charge is 0.261 e. The van der Waals surface area contributed by atoms with Crippen LogP contribution in [0.3, 0.4) is 0 Å². The number of benzene rings is 2. The summed E-state index contributed by atoms with van der Waals surface area (Å²) in [6.45, 7) is 10.0. The SMILES string of the molecule is CCc1ccccc1O[C@@H](C)C(=O)N[C@H]1CC(C)(C)Oc2cc(C)ccc21. The highest BCUT2D eigenvalue weighted by Crippen LogP contribution is 2.40. The third kappa shape index (κ3) is 4.44. The van der Waals surface area contributed by atoms with E-state index in [0.29, 0.717) is 6.42 Å². The Kier molecular flexibility index (Phi) is 5.45. The third-order valence-corrected chi connectivity index (χ3v) is 4.97. The molecule has 0 aromatic heterocycles. The number of fused-ring (bicyclic) bond motifs is 1. The number of rotatable bonds is 5. The number of hydrogen-bond donors (Lipinski definition) is 1.